The molecule has 1 N–H and O–H groups in total. The molecule has 76 valence electrons. The van der Waals surface area contributed by atoms with Gasteiger partial charge >= 0.3 is 0 Å². The largest absolute Gasteiger partial charge is 0.367 e. The third-order valence-electron chi connectivity index (χ3n) is 2.04. The molecule has 0 spiro atoms. The fraction of sp³-hybridized carbons (Fsp3) is 0. The van der Waals surface area contributed by atoms with Crippen LogP contribution in [0.4, 0.5) is 4.39 Å². The van der Waals surface area contributed by atoms with Crippen molar-refractivity contribution in [1.29, 1.82) is 0 Å². The monoisotopic (exact) mass is 267 g/mol. The van der Waals surface area contributed by atoms with E-state index in [0.717, 1.165) is 0 Å². The highest BCUT2D eigenvalue weighted by atomic mass is 79.9. The summed E-state index contributed by atoms with van der Waals surface area (Å²) < 4.78 is 13.2. The number of aromatic amines is 1. The van der Waals surface area contributed by atoms with Gasteiger partial charge in [0.05, 0.1) is 4.47 Å². The first-order valence-corrected chi connectivity index (χ1v) is 5.10. The van der Waals surface area contributed by atoms with Crippen LogP contribution in [0.5, 0.6) is 0 Å². The van der Waals surface area contributed by atoms with Crippen molar-refractivity contribution in [2.24, 2.45) is 0 Å². The van der Waals surface area contributed by atoms with E-state index in [2.05, 4.69) is 20.9 Å². The van der Waals surface area contributed by atoms with Crippen LogP contribution in [0.15, 0.2) is 41.1 Å². The predicted octanol–water partition coefficient (Wildman–Crippen LogP) is 3.15. The molecule has 2 rings (SSSR count). The summed E-state index contributed by atoms with van der Waals surface area (Å²) in [5.41, 5.74) is 1.02. The smallest absolute Gasteiger partial charge is 0.194 e. The Morgan fingerprint density at radius 1 is 1.27 bits per heavy atom. The van der Waals surface area contributed by atoms with Crippen molar-refractivity contribution in [2.75, 3.05) is 0 Å². The number of nitrogens with one attached hydrogen (secondary N) is 1. The van der Waals surface area contributed by atoms with Gasteiger partial charge in [0.1, 0.15) is 5.82 Å². The molecule has 0 aliphatic heterocycles. The van der Waals surface area contributed by atoms with E-state index in [9.17, 15) is 9.18 Å². The number of halogens is 2. The second kappa shape index (κ2) is 3.98. The number of H-pyrrole nitrogens is 1. The van der Waals surface area contributed by atoms with Crippen LogP contribution in [-0.2, 0) is 0 Å². The number of carbonyl (C=O) groups excluding carboxylic acids is 1. The van der Waals surface area contributed by atoms with Crippen LogP contribution < -0.4 is 0 Å². The van der Waals surface area contributed by atoms with Gasteiger partial charge in [-0.05, 0) is 40.2 Å². The summed E-state index contributed by atoms with van der Waals surface area (Å²) in [4.78, 5) is 14.6. The summed E-state index contributed by atoms with van der Waals surface area (Å²) in [5, 5.41) is 0. The molecule has 15 heavy (non-hydrogen) atoms. The van der Waals surface area contributed by atoms with Gasteiger partial charge in [0.15, 0.2) is 5.78 Å². The van der Waals surface area contributed by atoms with E-state index in [0.29, 0.717) is 15.6 Å². The maximum atomic E-state index is 12.9. The molecule has 0 radical (unpaired) electrons. The van der Waals surface area contributed by atoms with Crippen molar-refractivity contribution in [3.05, 3.63) is 58.1 Å². The maximum absolute atomic E-state index is 12.9. The van der Waals surface area contributed by atoms with Crippen molar-refractivity contribution < 1.29 is 9.18 Å². The molecule has 0 amide bonds. The summed E-state index contributed by atoms with van der Waals surface area (Å²) in [5.74, 6) is -0.502. The second-order valence-corrected chi connectivity index (χ2v) is 3.91. The lowest BCUT2D eigenvalue weighted by Crippen LogP contribution is -1.99. The highest BCUT2D eigenvalue weighted by molar-refractivity contribution is 9.10. The van der Waals surface area contributed by atoms with Gasteiger partial charge < -0.3 is 4.98 Å². The number of aromatic nitrogens is 1. The van der Waals surface area contributed by atoms with E-state index < -0.39 is 0 Å². The van der Waals surface area contributed by atoms with Crippen molar-refractivity contribution in [3.8, 4) is 0 Å². The molecule has 4 heteroatoms. The van der Waals surface area contributed by atoms with Gasteiger partial charge in [-0.25, -0.2) is 4.39 Å². The minimum Gasteiger partial charge on any atom is -0.367 e. The zero-order valence-corrected chi connectivity index (χ0v) is 9.21. The Labute approximate surface area is 94.3 Å². The number of rotatable bonds is 2. The quantitative estimate of drug-likeness (QED) is 0.834. The fourth-order valence-corrected chi connectivity index (χ4v) is 1.65. The number of hydrogen-bond acceptors (Lipinski definition) is 1. The van der Waals surface area contributed by atoms with Crippen LogP contribution in [0.3, 0.4) is 0 Å². The standard InChI is InChI=1S/C11H7BrFNO/c12-9-5-7(1-2-10(9)13)11(15)8-3-4-14-6-8/h1-6,14H. The van der Waals surface area contributed by atoms with E-state index in [-0.39, 0.29) is 11.6 Å². The lowest BCUT2D eigenvalue weighted by Gasteiger charge is -2.00. The van der Waals surface area contributed by atoms with Gasteiger partial charge in [0.2, 0.25) is 0 Å². The van der Waals surface area contributed by atoms with Crippen LogP contribution in [0.2, 0.25) is 0 Å². The molecule has 0 atom stereocenters. The van der Waals surface area contributed by atoms with Crippen LogP contribution >= 0.6 is 15.9 Å². The Balaban J connectivity index is 2.39. The lowest BCUT2D eigenvalue weighted by molar-refractivity contribution is 0.103. The molecular formula is C11H7BrFNO. The highest BCUT2D eigenvalue weighted by Crippen LogP contribution is 2.18. The van der Waals surface area contributed by atoms with Gasteiger partial charge in [-0.3, -0.25) is 4.79 Å². The maximum Gasteiger partial charge on any atom is 0.194 e. The van der Waals surface area contributed by atoms with Crippen molar-refractivity contribution in [2.45, 2.75) is 0 Å². The Morgan fingerprint density at radius 2 is 2.07 bits per heavy atom. The Kier molecular flexibility index (Phi) is 2.68. The van der Waals surface area contributed by atoms with E-state index >= 15 is 0 Å². The summed E-state index contributed by atoms with van der Waals surface area (Å²) in [7, 11) is 0. The first-order valence-electron chi connectivity index (χ1n) is 4.31. The average molecular weight is 268 g/mol. The second-order valence-electron chi connectivity index (χ2n) is 3.06. The fourth-order valence-electron chi connectivity index (χ4n) is 1.27. The third kappa shape index (κ3) is 1.99. The molecule has 1 aromatic carbocycles. The molecule has 2 nitrogen and oxygen atoms in total. The number of benzene rings is 1. The molecule has 0 bridgehead atoms. The number of carbonyl (C=O) groups is 1. The van der Waals surface area contributed by atoms with Crippen molar-refractivity contribution in [1.82, 2.24) is 4.98 Å². The van der Waals surface area contributed by atoms with Crippen LogP contribution in [0.25, 0.3) is 0 Å². The lowest BCUT2D eigenvalue weighted by atomic mass is 10.1. The number of hydrogen-bond donors (Lipinski definition) is 1. The molecule has 0 aliphatic rings. The molecule has 0 unspecified atom stereocenters. The van der Waals surface area contributed by atoms with Crippen molar-refractivity contribution in [3.63, 3.8) is 0 Å². The molecular weight excluding hydrogens is 261 g/mol. The summed E-state index contributed by atoms with van der Waals surface area (Å²) in [6.07, 6.45) is 3.28. The first kappa shape index (κ1) is 10.1. The molecule has 1 aromatic heterocycles. The zero-order valence-electron chi connectivity index (χ0n) is 7.63. The predicted molar refractivity (Wildman–Crippen MR) is 58.3 cm³/mol. The Morgan fingerprint density at radius 3 is 2.67 bits per heavy atom. The van der Waals surface area contributed by atoms with Gasteiger partial charge in [0, 0.05) is 23.5 Å². The summed E-state index contributed by atoms with van der Waals surface area (Å²) >= 11 is 3.04. The summed E-state index contributed by atoms with van der Waals surface area (Å²) in [6.45, 7) is 0. The van der Waals surface area contributed by atoms with E-state index in [1.165, 1.54) is 18.2 Å². The number of ketones is 1. The SMILES string of the molecule is O=C(c1cc[nH]c1)c1ccc(F)c(Br)c1. The van der Waals surface area contributed by atoms with E-state index in [1.807, 2.05) is 0 Å². The first-order chi connectivity index (χ1) is 7.18. The molecule has 0 fully saturated rings. The van der Waals surface area contributed by atoms with Gasteiger partial charge in [-0.1, -0.05) is 0 Å². The summed E-state index contributed by atoms with van der Waals surface area (Å²) in [6, 6.07) is 5.89. The average Bonchev–Trinajstić information content (AvgIpc) is 2.74. The normalized spacial score (nSPS) is 10.3. The molecule has 0 saturated carbocycles. The zero-order chi connectivity index (χ0) is 10.8. The Hall–Kier alpha value is -1.42. The molecule has 0 saturated heterocycles. The van der Waals surface area contributed by atoms with Gasteiger partial charge in [-0.2, -0.15) is 0 Å². The van der Waals surface area contributed by atoms with Gasteiger partial charge in [0.25, 0.3) is 0 Å². The van der Waals surface area contributed by atoms with Gasteiger partial charge in [-0.15, -0.1) is 0 Å². The minimum atomic E-state index is -0.374. The Bertz CT molecular complexity index is 493. The highest BCUT2D eigenvalue weighted by Gasteiger charge is 2.10. The van der Waals surface area contributed by atoms with E-state index in [4.69, 9.17) is 0 Å². The van der Waals surface area contributed by atoms with Crippen LogP contribution in [0, 0.1) is 5.82 Å². The minimum absolute atomic E-state index is 0.128. The van der Waals surface area contributed by atoms with Crippen LogP contribution in [-0.4, -0.2) is 10.8 Å². The van der Waals surface area contributed by atoms with Crippen molar-refractivity contribution >= 4 is 21.7 Å². The van der Waals surface area contributed by atoms with E-state index in [1.54, 1.807) is 18.5 Å². The third-order valence-corrected chi connectivity index (χ3v) is 2.65. The topological polar surface area (TPSA) is 32.9 Å². The molecule has 0 aliphatic carbocycles. The van der Waals surface area contributed by atoms with Crippen LogP contribution in [0.1, 0.15) is 15.9 Å². The molecule has 1 heterocycles. The molecule has 2 aromatic rings.